The topological polar surface area (TPSA) is 69.0 Å². The molecule has 1 amide bonds. The molecule has 0 radical (unpaired) electrons. The van der Waals surface area contributed by atoms with Crippen LogP contribution in [-0.2, 0) is 11.3 Å². The summed E-state index contributed by atoms with van der Waals surface area (Å²) in [5.74, 6) is 0. The molecule has 1 N–H and O–H groups in total. The van der Waals surface area contributed by atoms with Gasteiger partial charge in [0, 0.05) is 0 Å². The smallest absolute Gasteiger partial charge is 0.407 e. The number of hydrogen-bond acceptors (Lipinski definition) is 4. The zero-order chi connectivity index (χ0) is 15.2. The van der Waals surface area contributed by atoms with Crippen molar-refractivity contribution >= 4 is 6.09 Å². The molecule has 1 aliphatic carbocycles. The molecular formula is C16H20N4O2. The summed E-state index contributed by atoms with van der Waals surface area (Å²) in [5, 5.41) is 10.8. The SMILES string of the molecule is O=C(NCc1cn(-c2ccccc2)nn1)OC1CCCCC1. The number of aromatic nitrogens is 3. The van der Waals surface area contributed by atoms with Crippen LogP contribution < -0.4 is 5.32 Å². The summed E-state index contributed by atoms with van der Waals surface area (Å²) in [6.07, 6.45) is 6.96. The molecule has 22 heavy (non-hydrogen) atoms. The number of ether oxygens (including phenoxy) is 1. The van der Waals surface area contributed by atoms with Gasteiger partial charge in [0.05, 0.1) is 18.4 Å². The number of carbonyl (C=O) groups excluding carboxylic acids is 1. The molecule has 0 spiro atoms. The van der Waals surface area contributed by atoms with Gasteiger partial charge in [-0.3, -0.25) is 0 Å². The third-order valence-corrected chi connectivity index (χ3v) is 3.80. The summed E-state index contributed by atoms with van der Waals surface area (Å²) in [4.78, 5) is 11.8. The van der Waals surface area contributed by atoms with Gasteiger partial charge in [-0.05, 0) is 37.8 Å². The number of amides is 1. The Balaban J connectivity index is 1.49. The van der Waals surface area contributed by atoms with Crippen LogP contribution in [0.2, 0.25) is 0 Å². The molecule has 1 aliphatic rings. The van der Waals surface area contributed by atoms with E-state index in [0.717, 1.165) is 31.4 Å². The number of benzene rings is 1. The highest BCUT2D eigenvalue weighted by Crippen LogP contribution is 2.20. The monoisotopic (exact) mass is 300 g/mol. The first kappa shape index (κ1) is 14.6. The molecule has 3 rings (SSSR count). The van der Waals surface area contributed by atoms with Crippen molar-refractivity contribution in [2.75, 3.05) is 0 Å². The first-order valence-electron chi connectivity index (χ1n) is 7.72. The van der Waals surface area contributed by atoms with Crippen LogP contribution in [0.25, 0.3) is 5.69 Å². The maximum atomic E-state index is 11.8. The van der Waals surface area contributed by atoms with Crippen molar-refractivity contribution in [3.8, 4) is 5.69 Å². The van der Waals surface area contributed by atoms with E-state index >= 15 is 0 Å². The number of rotatable bonds is 4. The summed E-state index contributed by atoms with van der Waals surface area (Å²) in [5.41, 5.74) is 1.63. The van der Waals surface area contributed by atoms with Crippen molar-refractivity contribution in [1.82, 2.24) is 20.3 Å². The van der Waals surface area contributed by atoms with E-state index in [1.54, 1.807) is 10.9 Å². The Hall–Kier alpha value is -2.37. The molecule has 6 nitrogen and oxygen atoms in total. The van der Waals surface area contributed by atoms with Gasteiger partial charge in [-0.15, -0.1) is 5.10 Å². The third kappa shape index (κ3) is 3.84. The van der Waals surface area contributed by atoms with Crippen LogP contribution in [0.15, 0.2) is 36.5 Å². The predicted molar refractivity (Wildman–Crippen MR) is 81.6 cm³/mol. The number of para-hydroxylation sites is 1. The van der Waals surface area contributed by atoms with Crippen molar-refractivity contribution in [3.63, 3.8) is 0 Å². The fourth-order valence-electron chi connectivity index (χ4n) is 2.63. The first-order chi connectivity index (χ1) is 10.8. The molecule has 0 atom stereocenters. The van der Waals surface area contributed by atoms with Gasteiger partial charge in [0.15, 0.2) is 0 Å². The van der Waals surface area contributed by atoms with Crippen molar-refractivity contribution < 1.29 is 9.53 Å². The van der Waals surface area contributed by atoms with Gasteiger partial charge in [0.1, 0.15) is 11.8 Å². The van der Waals surface area contributed by atoms with Crippen molar-refractivity contribution in [3.05, 3.63) is 42.2 Å². The number of carbonyl (C=O) groups is 1. The summed E-state index contributed by atoms with van der Waals surface area (Å²) in [7, 11) is 0. The third-order valence-electron chi connectivity index (χ3n) is 3.80. The lowest BCUT2D eigenvalue weighted by atomic mass is 9.98. The van der Waals surface area contributed by atoms with Gasteiger partial charge >= 0.3 is 6.09 Å². The second-order valence-corrected chi connectivity index (χ2v) is 5.51. The zero-order valence-electron chi connectivity index (χ0n) is 12.4. The van der Waals surface area contributed by atoms with E-state index in [4.69, 9.17) is 4.74 Å². The highest BCUT2D eigenvalue weighted by atomic mass is 16.6. The Morgan fingerprint density at radius 2 is 2.00 bits per heavy atom. The molecule has 2 aromatic rings. The largest absolute Gasteiger partial charge is 0.446 e. The van der Waals surface area contributed by atoms with Gasteiger partial charge in [0.25, 0.3) is 0 Å². The van der Waals surface area contributed by atoms with E-state index in [0.29, 0.717) is 12.2 Å². The first-order valence-corrected chi connectivity index (χ1v) is 7.72. The lowest BCUT2D eigenvalue weighted by molar-refractivity contribution is 0.0749. The molecule has 0 bridgehead atoms. The fourth-order valence-corrected chi connectivity index (χ4v) is 2.63. The van der Waals surface area contributed by atoms with Crippen LogP contribution in [0.5, 0.6) is 0 Å². The molecule has 1 aromatic heterocycles. The van der Waals surface area contributed by atoms with E-state index in [1.807, 2.05) is 30.3 Å². The molecule has 116 valence electrons. The maximum absolute atomic E-state index is 11.8. The number of hydrogen-bond donors (Lipinski definition) is 1. The Labute approximate surface area is 129 Å². The van der Waals surface area contributed by atoms with Gasteiger partial charge in [-0.1, -0.05) is 29.8 Å². The van der Waals surface area contributed by atoms with Crippen LogP contribution in [0.4, 0.5) is 4.79 Å². The van der Waals surface area contributed by atoms with Crippen LogP contribution in [0.1, 0.15) is 37.8 Å². The molecule has 0 unspecified atom stereocenters. The standard InChI is InChI=1S/C16H20N4O2/c21-16(22-15-9-5-2-6-10-15)17-11-13-12-20(19-18-13)14-7-3-1-4-8-14/h1,3-4,7-8,12,15H,2,5-6,9-11H2,(H,17,21). The lowest BCUT2D eigenvalue weighted by Gasteiger charge is -2.21. The van der Waals surface area contributed by atoms with Crippen LogP contribution in [-0.4, -0.2) is 27.2 Å². The van der Waals surface area contributed by atoms with Crippen molar-refractivity contribution in [1.29, 1.82) is 0 Å². The molecule has 6 heteroatoms. The number of alkyl carbamates (subject to hydrolysis) is 1. The average Bonchev–Trinajstić information content (AvgIpc) is 3.04. The lowest BCUT2D eigenvalue weighted by Crippen LogP contribution is -2.29. The van der Waals surface area contributed by atoms with Crippen molar-refractivity contribution in [2.24, 2.45) is 0 Å². The maximum Gasteiger partial charge on any atom is 0.407 e. The van der Waals surface area contributed by atoms with Gasteiger partial charge in [-0.2, -0.15) is 0 Å². The minimum absolute atomic E-state index is 0.0637. The highest BCUT2D eigenvalue weighted by Gasteiger charge is 2.17. The minimum atomic E-state index is -0.374. The van der Waals surface area contributed by atoms with Gasteiger partial charge in [0.2, 0.25) is 0 Å². The Bertz CT molecular complexity index is 606. The Morgan fingerprint density at radius 1 is 1.23 bits per heavy atom. The molecule has 1 heterocycles. The van der Waals surface area contributed by atoms with Gasteiger partial charge < -0.3 is 10.1 Å². The quantitative estimate of drug-likeness (QED) is 0.942. The molecule has 1 saturated carbocycles. The van der Waals surface area contributed by atoms with E-state index in [-0.39, 0.29) is 12.2 Å². The second kappa shape index (κ2) is 7.06. The normalized spacial score (nSPS) is 15.5. The Kier molecular flexibility index (Phi) is 4.68. The minimum Gasteiger partial charge on any atom is -0.446 e. The summed E-state index contributed by atoms with van der Waals surface area (Å²) >= 11 is 0. The Morgan fingerprint density at radius 3 is 2.77 bits per heavy atom. The van der Waals surface area contributed by atoms with E-state index in [9.17, 15) is 4.79 Å². The van der Waals surface area contributed by atoms with Crippen LogP contribution in [0, 0.1) is 0 Å². The molecule has 1 aromatic carbocycles. The fraction of sp³-hybridized carbons (Fsp3) is 0.438. The highest BCUT2D eigenvalue weighted by molar-refractivity contribution is 5.67. The van der Waals surface area contributed by atoms with Crippen LogP contribution >= 0.6 is 0 Å². The van der Waals surface area contributed by atoms with E-state index < -0.39 is 0 Å². The number of nitrogens with one attached hydrogen (secondary N) is 1. The molecule has 1 fully saturated rings. The van der Waals surface area contributed by atoms with Gasteiger partial charge in [-0.25, -0.2) is 9.48 Å². The molecular weight excluding hydrogens is 280 g/mol. The summed E-state index contributed by atoms with van der Waals surface area (Å²) in [6.45, 7) is 0.318. The average molecular weight is 300 g/mol. The van der Waals surface area contributed by atoms with Crippen LogP contribution in [0.3, 0.4) is 0 Å². The zero-order valence-corrected chi connectivity index (χ0v) is 12.4. The van der Waals surface area contributed by atoms with E-state index in [1.165, 1.54) is 6.42 Å². The summed E-state index contributed by atoms with van der Waals surface area (Å²) in [6, 6.07) is 9.73. The van der Waals surface area contributed by atoms with Crippen molar-refractivity contribution in [2.45, 2.75) is 44.8 Å². The second-order valence-electron chi connectivity index (χ2n) is 5.51. The number of nitrogens with zero attached hydrogens (tertiary/aromatic N) is 3. The predicted octanol–water partition coefficient (Wildman–Crippen LogP) is 2.83. The molecule has 0 saturated heterocycles. The molecule has 0 aliphatic heterocycles. The van der Waals surface area contributed by atoms with E-state index in [2.05, 4.69) is 15.6 Å². The summed E-state index contributed by atoms with van der Waals surface area (Å²) < 4.78 is 7.08.